The van der Waals surface area contributed by atoms with E-state index in [9.17, 15) is 14.4 Å². The number of hydrogen-bond acceptors (Lipinski definition) is 5. The molecule has 0 spiro atoms. The number of ether oxygens (including phenoxy) is 1. The van der Waals surface area contributed by atoms with Crippen molar-refractivity contribution < 1.29 is 18.7 Å². The van der Waals surface area contributed by atoms with Gasteiger partial charge in [-0.15, -0.1) is 0 Å². The van der Waals surface area contributed by atoms with Gasteiger partial charge >= 0.3 is 0 Å². The molecule has 0 bridgehead atoms. The standard InChI is InChI=1S/C15H15ClN2O5/c1-22-5-4-10(14(17)20)18-15(21)13-7-11(19)9-6-8(16)2-3-12(9)23-13/h2-3,6-7,10H,4-5H2,1H3,(H2,17,20)(H,18,21)/t10-/m0/s1. The number of carbonyl (C=O) groups is 2. The summed E-state index contributed by atoms with van der Waals surface area (Å²) in [6.07, 6.45) is 0.213. The Bertz CT molecular complexity index is 802. The number of amides is 2. The van der Waals surface area contributed by atoms with E-state index in [1.54, 1.807) is 6.07 Å². The lowest BCUT2D eigenvalue weighted by atomic mass is 10.2. The maximum absolute atomic E-state index is 12.2. The van der Waals surface area contributed by atoms with E-state index >= 15 is 0 Å². The van der Waals surface area contributed by atoms with Crippen molar-refractivity contribution in [2.24, 2.45) is 5.73 Å². The third-order valence-corrected chi connectivity index (χ3v) is 3.41. The number of carbonyl (C=O) groups excluding carboxylic acids is 2. The number of primary amides is 1. The van der Waals surface area contributed by atoms with E-state index in [0.29, 0.717) is 5.02 Å². The van der Waals surface area contributed by atoms with Gasteiger partial charge in [-0.05, 0) is 24.6 Å². The molecule has 1 atom stereocenters. The predicted molar refractivity (Wildman–Crippen MR) is 84.4 cm³/mol. The van der Waals surface area contributed by atoms with Gasteiger partial charge in [-0.25, -0.2) is 0 Å². The Balaban J connectivity index is 2.28. The second-order valence-electron chi connectivity index (χ2n) is 4.83. The van der Waals surface area contributed by atoms with E-state index in [0.717, 1.165) is 6.07 Å². The molecule has 122 valence electrons. The number of nitrogens with one attached hydrogen (secondary N) is 1. The molecule has 0 aliphatic carbocycles. The first-order chi connectivity index (χ1) is 10.9. The van der Waals surface area contributed by atoms with Crippen molar-refractivity contribution in [2.45, 2.75) is 12.5 Å². The summed E-state index contributed by atoms with van der Waals surface area (Å²) in [5.41, 5.74) is 5.04. The van der Waals surface area contributed by atoms with Gasteiger partial charge in [0.1, 0.15) is 11.6 Å². The summed E-state index contributed by atoms with van der Waals surface area (Å²) < 4.78 is 10.2. The second kappa shape index (κ2) is 7.26. The molecule has 0 saturated heterocycles. The summed E-state index contributed by atoms with van der Waals surface area (Å²) >= 11 is 5.82. The van der Waals surface area contributed by atoms with Crippen molar-refractivity contribution in [1.29, 1.82) is 0 Å². The topological polar surface area (TPSA) is 112 Å². The molecule has 1 heterocycles. The Kier molecular flexibility index (Phi) is 5.36. The molecule has 0 aliphatic rings. The van der Waals surface area contributed by atoms with Crippen LogP contribution in [0.25, 0.3) is 11.0 Å². The largest absolute Gasteiger partial charge is 0.451 e. The second-order valence-corrected chi connectivity index (χ2v) is 5.26. The summed E-state index contributed by atoms with van der Waals surface area (Å²) in [7, 11) is 1.47. The van der Waals surface area contributed by atoms with Gasteiger partial charge in [0.15, 0.2) is 11.2 Å². The zero-order valence-electron chi connectivity index (χ0n) is 12.3. The average Bonchev–Trinajstić information content (AvgIpc) is 2.51. The molecule has 0 fully saturated rings. The molecule has 0 radical (unpaired) electrons. The Morgan fingerprint density at radius 2 is 2.13 bits per heavy atom. The molecule has 8 heteroatoms. The van der Waals surface area contributed by atoms with E-state index < -0.39 is 23.3 Å². The first-order valence-corrected chi connectivity index (χ1v) is 7.12. The number of nitrogens with two attached hydrogens (primary N) is 1. The third-order valence-electron chi connectivity index (χ3n) is 3.17. The molecule has 0 unspecified atom stereocenters. The number of halogens is 1. The Morgan fingerprint density at radius 1 is 1.39 bits per heavy atom. The molecule has 23 heavy (non-hydrogen) atoms. The van der Waals surface area contributed by atoms with Crippen LogP contribution in [-0.4, -0.2) is 31.6 Å². The quantitative estimate of drug-likeness (QED) is 0.818. The van der Waals surface area contributed by atoms with Gasteiger partial charge in [-0.3, -0.25) is 14.4 Å². The first kappa shape index (κ1) is 17.0. The Labute approximate surface area is 136 Å². The van der Waals surface area contributed by atoms with Gasteiger partial charge in [0, 0.05) is 24.8 Å². The fourth-order valence-corrected chi connectivity index (χ4v) is 2.16. The van der Waals surface area contributed by atoms with Crippen LogP contribution in [0, 0.1) is 0 Å². The van der Waals surface area contributed by atoms with Crippen LogP contribution in [0.5, 0.6) is 0 Å². The van der Waals surface area contributed by atoms with Crippen LogP contribution in [0.15, 0.2) is 33.5 Å². The van der Waals surface area contributed by atoms with E-state index in [-0.39, 0.29) is 29.8 Å². The van der Waals surface area contributed by atoms with Gasteiger partial charge in [-0.1, -0.05) is 11.6 Å². The van der Waals surface area contributed by atoms with E-state index in [1.165, 1.54) is 19.2 Å². The minimum Gasteiger partial charge on any atom is -0.451 e. The smallest absolute Gasteiger partial charge is 0.287 e. The van der Waals surface area contributed by atoms with Gasteiger partial charge in [-0.2, -0.15) is 0 Å². The zero-order chi connectivity index (χ0) is 17.0. The number of rotatable bonds is 6. The van der Waals surface area contributed by atoms with Crippen LogP contribution >= 0.6 is 11.6 Å². The van der Waals surface area contributed by atoms with Crippen molar-refractivity contribution in [3.8, 4) is 0 Å². The highest BCUT2D eigenvalue weighted by Gasteiger charge is 2.21. The molecule has 2 amide bonds. The number of hydrogen-bond donors (Lipinski definition) is 2. The molecule has 2 aromatic rings. The van der Waals surface area contributed by atoms with Crippen LogP contribution in [0.2, 0.25) is 5.02 Å². The molecule has 2 rings (SSSR count). The lowest BCUT2D eigenvalue weighted by Crippen LogP contribution is -2.45. The molecule has 0 saturated carbocycles. The molecule has 1 aromatic carbocycles. The fourth-order valence-electron chi connectivity index (χ4n) is 1.99. The summed E-state index contributed by atoms with van der Waals surface area (Å²) in [5.74, 6) is -1.63. The van der Waals surface area contributed by atoms with E-state index in [2.05, 4.69) is 5.32 Å². The van der Waals surface area contributed by atoms with Crippen molar-refractivity contribution in [1.82, 2.24) is 5.32 Å². The van der Waals surface area contributed by atoms with Gasteiger partial charge in [0.25, 0.3) is 5.91 Å². The minimum atomic E-state index is -0.923. The minimum absolute atomic E-state index is 0.213. The highest BCUT2D eigenvalue weighted by molar-refractivity contribution is 6.31. The van der Waals surface area contributed by atoms with E-state index in [4.69, 9.17) is 26.5 Å². The van der Waals surface area contributed by atoms with Crippen molar-refractivity contribution in [2.75, 3.05) is 13.7 Å². The Hall–Kier alpha value is -2.38. The van der Waals surface area contributed by atoms with Gasteiger partial charge in [0.05, 0.1) is 5.39 Å². The lowest BCUT2D eigenvalue weighted by Gasteiger charge is -2.14. The monoisotopic (exact) mass is 338 g/mol. The number of methoxy groups -OCH3 is 1. The fraction of sp³-hybridized carbons (Fsp3) is 0.267. The maximum Gasteiger partial charge on any atom is 0.287 e. The summed E-state index contributed by atoms with van der Waals surface area (Å²) in [6, 6.07) is 4.61. The average molecular weight is 339 g/mol. The number of benzene rings is 1. The van der Waals surface area contributed by atoms with E-state index in [1.807, 2.05) is 0 Å². The summed E-state index contributed by atoms with van der Waals surface area (Å²) in [4.78, 5) is 35.5. The molecule has 1 aromatic heterocycles. The normalized spacial score (nSPS) is 12.1. The zero-order valence-corrected chi connectivity index (χ0v) is 13.1. The van der Waals surface area contributed by atoms with Gasteiger partial charge < -0.3 is 20.2 Å². The van der Waals surface area contributed by atoms with Crippen LogP contribution in [-0.2, 0) is 9.53 Å². The van der Waals surface area contributed by atoms with Crippen molar-refractivity contribution in [3.05, 3.63) is 45.3 Å². The van der Waals surface area contributed by atoms with Crippen LogP contribution in [0.3, 0.4) is 0 Å². The van der Waals surface area contributed by atoms with Crippen LogP contribution in [0.1, 0.15) is 17.0 Å². The number of fused-ring (bicyclic) bond motifs is 1. The molecular weight excluding hydrogens is 324 g/mol. The lowest BCUT2D eigenvalue weighted by molar-refractivity contribution is -0.120. The Morgan fingerprint density at radius 3 is 2.78 bits per heavy atom. The molecule has 3 N–H and O–H groups in total. The van der Waals surface area contributed by atoms with Crippen molar-refractivity contribution >= 4 is 34.4 Å². The third kappa shape index (κ3) is 4.08. The molecule has 0 aliphatic heterocycles. The van der Waals surface area contributed by atoms with Crippen LogP contribution in [0.4, 0.5) is 0 Å². The molecular formula is C15H15ClN2O5. The summed E-state index contributed by atoms with van der Waals surface area (Å²) in [6.45, 7) is 0.244. The maximum atomic E-state index is 12.2. The van der Waals surface area contributed by atoms with Gasteiger partial charge in [0.2, 0.25) is 5.91 Å². The first-order valence-electron chi connectivity index (χ1n) is 6.75. The highest BCUT2D eigenvalue weighted by atomic mass is 35.5. The van der Waals surface area contributed by atoms with Crippen LogP contribution < -0.4 is 16.5 Å². The summed E-state index contributed by atoms with van der Waals surface area (Å²) in [5, 5.41) is 3.07. The highest BCUT2D eigenvalue weighted by Crippen LogP contribution is 2.17. The van der Waals surface area contributed by atoms with Crippen molar-refractivity contribution in [3.63, 3.8) is 0 Å². The SMILES string of the molecule is COCC[C@H](NC(=O)c1cc(=O)c2cc(Cl)ccc2o1)C(N)=O. The predicted octanol–water partition coefficient (Wildman–Crippen LogP) is 1.07. The molecule has 7 nitrogen and oxygen atoms in total.